The zero-order valence-electron chi connectivity index (χ0n) is 9.26. The van der Waals surface area contributed by atoms with Crippen molar-refractivity contribution >= 4 is 23.4 Å². The highest BCUT2D eigenvalue weighted by atomic mass is 35.5. The summed E-state index contributed by atoms with van der Waals surface area (Å²) in [6.45, 7) is 0.474. The summed E-state index contributed by atoms with van der Waals surface area (Å²) < 4.78 is 0. The Morgan fingerprint density at radius 2 is 2.00 bits per heavy atom. The Hall–Kier alpha value is -1.69. The van der Waals surface area contributed by atoms with Crippen molar-refractivity contribution in [1.29, 1.82) is 0 Å². The Morgan fingerprint density at radius 3 is 2.65 bits per heavy atom. The number of amides is 2. The molecule has 7 heteroatoms. The summed E-state index contributed by atoms with van der Waals surface area (Å²) in [5.41, 5.74) is 0.611. The fourth-order valence-electron chi connectivity index (χ4n) is 1.53. The van der Waals surface area contributed by atoms with Gasteiger partial charge < -0.3 is 9.80 Å². The number of hydrogen-bond acceptors (Lipinski definition) is 4. The van der Waals surface area contributed by atoms with Gasteiger partial charge in [-0.1, -0.05) is 11.6 Å². The lowest BCUT2D eigenvalue weighted by molar-refractivity contribution is -0.149. The minimum Gasteiger partial charge on any atom is -0.335 e. The SMILES string of the molecule is CN1CC(=O)N(Cc2ccc(Cl)nn2)CC1=O. The second-order valence-electron chi connectivity index (χ2n) is 3.85. The number of hydrogen-bond donors (Lipinski definition) is 0. The van der Waals surface area contributed by atoms with E-state index in [4.69, 9.17) is 11.6 Å². The van der Waals surface area contributed by atoms with Crippen LogP contribution >= 0.6 is 11.6 Å². The van der Waals surface area contributed by atoms with Gasteiger partial charge in [0.05, 0.1) is 18.8 Å². The van der Waals surface area contributed by atoms with Gasteiger partial charge in [0, 0.05) is 7.05 Å². The van der Waals surface area contributed by atoms with Crippen LogP contribution in [0.5, 0.6) is 0 Å². The number of halogens is 1. The number of carbonyl (C=O) groups is 2. The van der Waals surface area contributed by atoms with Crippen molar-refractivity contribution in [3.05, 3.63) is 23.0 Å². The van der Waals surface area contributed by atoms with Gasteiger partial charge >= 0.3 is 0 Å². The van der Waals surface area contributed by atoms with Crippen LogP contribution in [0.2, 0.25) is 5.15 Å². The van der Waals surface area contributed by atoms with Crippen molar-refractivity contribution in [2.45, 2.75) is 6.54 Å². The predicted molar refractivity (Wildman–Crippen MR) is 60.1 cm³/mol. The molecule has 0 bridgehead atoms. The van der Waals surface area contributed by atoms with Gasteiger partial charge in [-0.15, -0.1) is 5.10 Å². The van der Waals surface area contributed by atoms with E-state index in [1.165, 1.54) is 9.80 Å². The highest BCUT2D eigenvalue weighted by molar-refractivity contribution is 6.29. The molecular formula is C10H11ClN4O2. The first kappa shape index (κ1) is 11.8. The third-order valence-corrected chi connectivity index (χ3v) is 2.72. The van der Waals surface area contributed by atoms with Crippen molar-refractivity contribution in [3.8, 4) is 0 Å². The van der Waals surface area contributed by atoms with E-state index in [1.807, 2.05) is 0 Å². The average Bonchev–Trinajstić information content (AvgIpc) is 2.29. The van der Waals surface area contributed by atoms with E-state index in [-0.39, 0.29) is 31.4 Å². The predicted octanol–water partition coefficient (Wildman–Crippen LogP) is -0.0694. The molecule has 2 heterocycles. The molecule has 1 fully saturated rings. The van der Waals surface area contributed by atoms with Crippen molar-refractivity contribution in [1.82, 2.24) is 20.0 Å². The monoisotopic (exact) mass is 254 g/mol. The van der Waals surface area contributed by atoms with Crippen molar-refractivity contribution in [3.63, 3.8) is 0 Å². The molecule has 6 nitrogen and oxygen atoms in total. The van der Waals surface area contributed by atoms with Gasteiger partial charge in [0.2, 0.25) is 11.8 Å². The topological polar surface area (TPSA) is 66.4 Å². The fourth-order valence-corrected chi connectivity index (χ4v) is 1.63. The molecule has 0 unspecified atom stereocenters. The molecule has 2 rings (SSSR count). The van der Waals surface area contributed by atoms with Crippen LogP contribution in [0.4, 0.5) is 0 Å². The molecule has 0 spiro atoms. The maximum atomic E-state index is 11.7. The normalized spacial score (nSPS) is 16.6. The summed E-state index contributed by atoms with van der Waals surface area (Å²) in [6.07, 6.45) is 0. The molecule has 1 saturated heterocycles. The van der Waals surface area contributed by atoms with E-state index in [2.05, 4.69) is 10.2 Å². The molecule has 1 aliphatic rings. The third-order valence-electron chi connectivity index (χ3n) is 2.52. The number of piperazine rings is 1. The molecule has 2 amide bonds. The summed E-state index contributed by atoms with van der Waals surface area (Å²) >= 11 is 5.61. The van der Waals surface area contributed by atoms with Gasteiger partial charge in [-0.2, -0.15) is 5.10 Å². The molecular weight excluding hydrogens is 244 g/mol. The van der Waals surface area contributed by atoms with Crippen LogP contribution in [-0.4, -0.2) is 51.9 Å². The Morgan fingerprint density at radius 1 is 1.24 bits per heavy atom. The average molecular weight is 255 g/mol. The van der Waals surface area contributed by atoms with Crippen LogP contribution in [0.3, 0.4) is 0 Å². The van der Waals surface area contributed by atoms with Gasteiger partial charge in [-0.05, 0) is 12.1 Å². The molecule has 0 N–H and O–H groups in total. The molecule has 0 radical (unpaired) electrons. The maximum Gasteiger partial charge on any atom is 0.243 e. The Bertz CT molecular complexity index is 448. The molecule has 90 valence electrons. The molecule has 1 aliphatic heterocycles. The van der Waals surface area contributed by atoms with E-state index in [9.17, 15) is 9.59 Å². The van der Waals surface area contributed by atoms with Crippen LogP contribution in [0.25, 0.3) is 0 Å². The first-order valence-electron chi connectivity index (χ1n) is 5.06. The van der Waals surface area contributed by atoms with E-state index in [0.717, 1.165) is 0 Å². The number of carbonyl (C=O) groups excluding carboxylic acids is 2. The summed E-state index contributed by atoms with van der Waals surface area (Å²) in [4.78, 5) is 26.0. The Labute approximate surface area is 103 Å². The van der Waals surface area contributed by atoms with E-state index in [1.54, 1.807) is 19.2 Å². The number of likely N-dealkylation sites (N-methyl/N-ethyl adjacent to an activating group) is 1. The van der Waals surface area contributed by atoms with Crippen LogP contribution < -0.4 is 0 Å². The smallest absolute Gasteiger partial charge is 0.243 e. The van der Waals surface area contributed by atoms with Gasteiger partial charge in [-0.3, -0.25) is 9.59 Å². The van der Waals surface area contributed by atoms with E-state index >= 15 is 0 Å². The lowest BCUT2D eigenvalue weighted by Gasteiger charge is -2.31. The molecule has 0 aromatic carbocycles. The minimum absolute atomic E-state index is 0.0773. The molecule has 0 atom stereocenters. The van der Waals surface area contributed by atoms with Crippen molar-refractivity contribution < 1.29 is 9.59 Å². The lowest BCUT2D eigenvalue weighted by Crippen LogP contribution is -2.51. The first-order valence-corrected chi connectivity index (χ1v) is 5.44. The molecule has 1 aromatic heterocycles. The van der Waals surface area contributed by atoms with Gasteiger partial charge in [0.15, 0.2) is 5.15 Å². The molecule has 17 heavy (non-hydrogen) atoms. The highest BCUT2D eigenvalue weighted by Gasteiger charge is 2.27. The van der Waals surface area contributed by atoms with Gasteiger partial charge in [0.25, 0.3) is 0 Å². The van der Waals surface area contributed by atoms with Crippen LogP contribution in [-0.2, 0) is 16.1 Å². The summed E-state index contributed by atoms with van der Waals surface area (Å²) in [6, 6.07) is 3.29. The zero-order chi connectivity index (χ0) is 12.4. The summed E-state index contributed by atoms with van der Waals surface area (Å²) in [5, 5.41) is 7.84. The van der Waals surface area contributed by atoms with Gasteiger partial charge in [0.1, 0.15) is 6.54 Å². The van der Waals surface area contributed by atoms with E-state index in [0.29, 0.717) is 10.8 Å². The highest BCUT2D eigenvalue weighted by Crippen LogP contribution is 2.09. The molecule has 0 aliphatic carbocycles. The largest absolute Gasteiger partial charge is 0.335 e. The quantitative estimate of drug-likeness (QED) is 0.741. The summed E-state index contributed by atoms with van der Waals surface area (Å²) in [5.74, 6) is -0.171. The zero-order valence-corrected chi connectivity index (χ0v) is 10.0. The first-order chi connectivity index (χ1) is 8.06. The van der Waals surface area contributed by atoms with E-state index < -0.39 is 0 Å². The molecule has 1 aromatic rings. The summed E-state index contributed by atoms with van der Waals surface area (Å²) in [7, 11) is 1.61. The standard InChI is InChI=1S/C10H11ClN4O2/c1-14-5-10(17)15(6-9(14)16)4-7-2-3-8(11)13-12-7/h2-3H,4-6H2,1H3. The van der Waals surface area contributed by atoms with Crippen LogP contribution in [0.1, 0.15) is 5.69 Å². The number of aromatic nitrogens is 2. The molecule has 0 saturated carbocycles. The van der Waals surface area contributed by atoms with Gasteiger partial charge in [-0.25, -0.2) is 0 Å². The van der Waals surface area contributed by atoms with Crippen LogP contribution in [0, 0.1) is 0 Å². The maximum absolute atomic E-state index is 11.7. The Balaban J connectivity index is 2.06. The third kappa shape index (κ3) is 2.71. The lowest BCUT2D eigenvalue weighted by atomic mass is 10.2. The fraction of sp³-hybridized carbons (Fsp3) is 0.400. The second-order valence-corrected chi connectivity index (χ2v) is 4.23. The second kappa shape index (κ2) is 4.67. The number of nitrogens with zero attached hydrogens (tertiary/aromatic N) is 4. The van der Waals surface area contributed by atoms with Crippen LogP contribution in [0.15, 0.2) is 12.1 Å². The van der Waals surface area contributed by atoms with Crippen molar-refractivity contribution in [2.24, 2.45) is 0 Å². The number of rotatable bonds is 2. The minimum atomic E-state index is -0.0937. The Kier molecular flexibility index (Phi) is 3.23. The van der Waals surface area contributed by atoms with Crippen molar-refractivity contribution in [2.75, 3.05) is 20.1 Å².